The molecule has 0 unspecified atom stereocenters. The van der Waals surface area contributed by atoms with Crippen LogP contribution in [0, 0.1) is 0 Å². The van der Waals surface area contributed by atoms with Gasteiger partial charge in [0.05, 0.1) is 25.3 Å². The van der Waals surface area contributed by atoms with E-state index in [0.717, 1.165) is 28.0 Å². The van der Waals surface area contributed by atoms with E-state index in [4.69, 9.17) is 21.4 Å². The van der Waals surface area contributed by atoms with Crippen LogP contribution < -0.4 is 5.32 Å². The van der Waals surface area contributed by atoms with E-state index < -0.39 is 0 Å². The summed E-state index contributed by atoms with van der Waals surface area (Å²) < 4.78 is 5.18. The van der Waals surface area contributed by atoms with Gasteiger partial charge in [0.2, 0.25) is 0 Å². The summed E-state index contributed by atoms with van der Waals surface area (Å²) >= 11 is 6.14. The number of rotatable bonds is 7. The smallest absolute Gasteiger partial charge is 0.0761 e. The van der Waals surface area contributed by atoms with Gasteiger partial charge in [-0.25, -0.2) is 0 Å². The molecule has 0 saturated heterocycles. The lowest BCUT2D eigenvalue weighted by Gasteiger charge is -2.08. The predicted octanol–water partition coefficient (Wildman–Crippen LogP) is 1.99. The molecule has 0 atom stereocenters. The number of hydrogen-bond acceptors (Lipinski definition) is 4. The first-order chi connectivity index (χ1) is 9.33. The molecular weight excluding hydrogens is 264 g/mol. The van der Waals surface area contributed by atoms with Gasteiger partial charge in [-0.05, 0) is 23.8 Å². The number of fused-ring (bicyclic) bond motifs is 1. The van der Waals surface area contributed by atoms with Gasteiger partial charge in [-0.15, -0.1) is 0 Å². The molecule has 0 bridgehead atoms. The second-order valence-electron chi connectivity index (χ2n) is 4.12. The van der Waals surface area contributed by atoms with Crippen LogP contribution in [-0.2, 0) is 11.3 Å². The largest absolute Gasteiger partial charge is 0.394 e. The summed E-state index contributed by atoms with van der Waals surface area (Å²) in [6.45, 7) is 2.47. The summed E-state index contributed by atoms with van der Waals surface area (Å²) in [7, 11) is 0. The Hall–Kier alpha value is -1.20. The normalized spacial score (nSPS) is 11.1. The topological polar surface area (TPSA) is 54.4 Å². The van der Waals surface area contributed by atoms with Crippen molar-refractivity contribution in [2.24, 2.45) is 0 Å². The molecule has 5 heteroatoms. The van der Waals surface area contributed by atoms with E-state index in [9.17, 15) is 0 Å². The van der Waals surface area contributed by atoms with Crippen LogP contribution in [0.25, 0.3) is 10.9 Å². The van der Waals surface area contributed by atoms with Crippen LogP contribution in [0.4, 0.5) is 0 Å². The van der Waals surface area contributed by atoms with Crippen molar-refractivity contribution in [2.75, 3.05) is 26.4 Å². The number of aromatic nitrogens is 1. The first-order valence-corrected chi connectivity index (χ1v) is 6.62. The van der Waals surface area contributed by atoms with Crippen molar-refractivity contribution in [3.05, 3.63) is 41.0 Å². The quantitative estimate of drug-likeness (QED) is 0.762. The summed E-state index contributed by atoms with van der Waals surface area (Å²) in [5, 5.41) is 13.6. The van der Waals surface area contributed by atoms with Gasteiger partial charge in [0.15, 0.2) is 0 Å². The second-order valence-corrected chi connectivity index (χ2v) is 4.53. The summed E-state index contributed by atoms with van der Waals surface area (Å²) in [5.74, 6) is 0. The van der Waals surface area contributed by atoms with Crippen molar-refractivity contribution in [1.29, 1.82) is 0 Å². The lowest BCUT2D eigenvalue weighted by Crippen LogP contribution is -2.20. The number of halogens is 1. The number of aliphatic hydroxyl groups is 1. The van der Waals surface area contributed by atoms with Gasteiger partial charge in [0.25, 0.3) is 0 Å². The van der Waals surface area contributed by atoms with Gasteiger partial charge in [-0.3, -0.25) is 4.98 Å². The zero-order valence-corrected chi connectivity index (χ0v) is 11.4. The van der Waals surface area contributed by atoms with Crippen LogP contribution in [0.3, 0.4) is 0 Å². The molecule has 19 heavy (non-hydrogen) atoms. The minimum Gasteiger partial charge on any atom is -0.394 e. The third kappa shape index (κ3) is 3.88. The number of hydrogen-bond donors (Lipinski definition) is 2. The number of nitrogens with zero attached hydrogens (tertiary/aromatic N) is 1. The van der Waals surface area contributed by atoms with Crippen LogP contribution in [0.15, 0.2) is 30.5 Å². The average Bonchev–Trinajstić information content (AvgIpc) is 2.45. The van der Waals surface area contributed by atoms with E-state index >= 15 is 0 Å². The van der Waals surface area contributed by atoms with E-state index in [1.807, 2.05) is 24.3 Å². The van der Waals surface area contributed by atoms with Crippen molar-refractivity contribution in [3.63, 3.8) is 0 Å². The summed E-state index contributed by atoms with van der Waals surface area (Å²) in [4.78, 5) is 4.38. The molecule has 0 saturated carbocycles. The Kier molecular flexibility index (Phi) is 5.54. The van der Waals surface area contributed by atoms with Crippen LogP contribution >= 0.6 is 11.6 Å². The van der Waals surface area contributed by atoms with E-state index in [0.29, 0.717) is 19.8 Å². The first kappa shape index (κ1) is 14.2. The standard InChI is InChI=1S/C14H17ClN2O2/c15-13-4-3-11(10-16-6-8-19-9-7-18)14-12(13)2-1-5-17-14/h1-5,16,18H,6-10H2. The van der Waals surface area contributed by atoms with Crippen molar-refractivity contribution in [2.45, 2.75) is 6.54 Å². The molecule has 1 heterocycles. The molecule has 0 aliphatic heterocycles. The molecule has 2 aromatic rings. The molecule has 1 aromatic heterocycles. The van der Waals surface area contributed by atoms with Crippen molar-refractivity contribution in [1.82, 2.24) is 10.3 Å². The van der Waals surface area contributed by atoms with Crippen LogP contribution in [0.1, 0.15) is 5.56 Å². The second kappa shape index (κ2) is 7.40. The van der Waals surface area contributed by atoms with Crippen LogP contribution in [0.2, 0.25) is 5.02 Å². The number of pyridine rings is 1. The fraction of sp³-hybridized carbons (Fsp3) is 0.357. The fourth-order valence-corrected chi connectivity index (χ4v) is 2.09. The van der Waals surface area contributed by atoms with Gasteiger partial charge in [0, 0.05) is 29.7 Å². The molecule has 102 valence electrons. The lowest BCUT2D eigenvalue weighted by atomic mass is 10.1. The molecule has 4 nitrogen and oxygen atoms in total. The Labute approximate surface area is 117 Å². The Morgan fingerprint density at radius 1 is 1.26 bits per heavy atom. The Morgan fingerprint density at radius 2 is 2.16 bits per heavy atom. The number of ether oxygens (including phenoxy) is 1. The molecule has 2 N–H and O–H groups in total. The van der Waals surface area contributed by atoms with Gasteiger partial charge in [-0.2, -0.15) is 0 Å². The minimum absolute atomic E-state index is 0.0613. The zero-order chi connectivity index (χ0) is 13.5. The van der Waals surface area contributed by atoms with Crippen molar-refractivity contribution < 1.29 is 9.84 Å². The van der Waals surface area contributed by atoms with E-state index in [2.05, 4.69) is 10.3 Å². The maximum absolute atomic E-state index is 8.58. The van der Waals surface area contributed by atoms with Gasteiger partial charge in [0.1, 0.15) is 0 Å². The number of nitrogens with one attached hydrogen (secondary N) is 1. The maximum atomic E-state index is 8.58. The Morgan fingerprint density at radius 3 is 3.00 bits per heavy atom. The molecular formula is C14H17ClN2O2. The lowest BCUT2D eigenvalue weighted by molar-refractivity contribution is 0.0938. The highest BCUT2D eigenvalue weighted by Gasteiger charge is 2.04. The van der Waals surface area contributed by atoms with E-state index in [1.165, 1.54) is 0 Å². The predicted molar refractivity (Wildman–Crippen MR) is 76.4 cm³/mol. The summed E-state index contributed by atoms with van der Waals surface area (Å²) in [6, 6.07) is 7.73. The third-order valence-electron chi connectivity index (χ3n) is 2.77. The first-order valence-electron chi connectivity index (χ1n) is 6.24. The number of aliphatic hydroxyl groups excluding tert-OH is 1. The van der Waals surface area contributed by atoms with Gasteiger partial charge >= 0.3 is 0 Å². The molecule has 2 rings (SSSR count). The molecule has 0 fully saturated rings. The van der Waals surface area contributed by atoms with Gasteiger partial charge < -0.3 is 15.2 Å². The highest BCUT2D eigenvalue weighted by Crippen LogP contribution is 2.24. The molecule has 0 aliphatic carbocycles. The fourth-order valence-electron chi connectivity index (χ4n) is 1.87. The maximum Gasteiger partial charge on any atom is 0.0761 e. The molecule has 0 radical (unpaired) electrons. The van der Waals surface area contributed by atoms with Crippen molar-refractivity contribution >= 4 is 22.5 Å². The van der Waals surface area contributed by atoms with E-state index in [-0.39, 0.29) is 6.61 Å². The van der Waals surface area contributed by atoms with Gasteiger partial charge in [-0.1, -0.05) is 17.7 Å². The Bertz CT molecular complexity index is 534. The molecule has 0 spiro atoms. The minimum atomic E-state index is 0.0613. The average molecular weight is 281 g/mol. The van der Waals surface area contributed by atoms with Crippen LogP contribution in [-0.4, -0.2) is 36.5 Å². The van der Waals surface area contributed by atoms with Crippen molar-refractivity contribution in [3.8, 4) is 0 Å². The molecule has 1 aromatic carbocycles. The SMILES string of the molecule is OCCOCCNCc1ccc(Cl)c2cccnc12. The molecule has 0 aliphatic rings. The Balaban J connectivity index is 1.96. The monoisotopic (exact) mass is 280 g/mol. The van der Waals surface area contributed by atoms with Crippen LogP contribution in [0.5, 0.6) is 0 Å². The zero-order valence-electron chi connectivity index (χ0n) is 10.6. The summed E-state index contributed by atoms with van der Waals surface area (Å²) in [5.41, 5.74) is 2.04. The highest BCUT2D eigenvalue weighted by molar-refractivity contribution is 6.35. The third-order valence-corrected chi connectivity index (χ3v) is 3.10. The van der Waals surface area contributed by atoms with E-state index in [1.54, 1.807) is 6.20 Å². The molecule has 0 amide bonds. The number of benzene rings is 1. The highest BCUT2D eigenvalue weighted by atomic mass is 35.5. The summed E-state index contributed by atoms with van der Waals surface area (Å²) in [6.07, 6.45) is 1.77.